The van der Waals surface area contributed by atoms with Crippen LogP contribution in [0.25, 0.3) is 0 Å². The van der Waals surface area contributed by atoms with Crippen molar-refractivity contribution in [3.63, 3.8) is 0 Å². The van der Waals surface area contributed by atoms with Gasteiger partial charge in [-0.15, -0.1) is 0 Å². The summed E-state index contributed by atoms with van der Waals surface area (Å²) in [7, 11) is 0. The van der Waals surface area contributed by atoms with Crippen LogP contribution in [0, 0.1) is 18.3 Å². The number of hydrogen-bond acceptors (Lipinski definition) is 4. The molecule has 0 spiro atoms. The molecule has 0 fully saturated rings. The summed E-state index contributed by atoms with van der Waals surface area (Å²) in [5, 5.41) is 11.3. The molecule has 0 radical (unpaired) electrons. The van der Waals surface area contributed by atoms with E-state index in [9.17, 15) is 4.79 Å². The summed E-state index contributed by atoms with van der Waals surface area (Å²) in [6.45, 7) is 2.15. The minimum atomic E-state index is -0.298. The Morgan fingerprint density at radius 1 is 1.44 bits per heavy atom. The van der Waals surface area contributed by atoms with Gasteiger partial charge in [-0.1, -0.05) is 0 Å². The lowest BCUT2D eigenvalue weighted by Crippen LogP contribution is -2.23. The molecule has 18 heavy (non-hydrogen) atoms. The average molecular weight is 241 g/mol. The highest BCUT2D eigenvalue weighted by atomic mass is 16.3. The summed E-state index contributed by atoms with van der Waals surface area (Å²) in [6, 6.07) is 8.66. The second-order valence-corrected chi connectivity index (χ2v) is 3.74. The SMILES string of the molecule is Cc1ccc(CNC(=O)c2ccc(C#N)cn2)o1. The van der Waals surface area contributed by atoms with Gasteiger partial charge in [-0.25, -0.2) is 4.98 Å². The van der Waals surface area contributed by atoms with E-state index in [0.29, 0.717) is 17.9 Å². The summed E-state index contributed by atoms with van der Waals surface area (Å²) < 4.78 is 5.33. The van der Waals surface area contributed by atoms with Crippen molar-refractivity contribution >= 4 is 5.91 Å². The Morgan fingerprint density at radius 3 is 2.83 bits per heavy atom. The van der Waals surface area contributed by atoms with Crippen molar-refractivity contribution in [3.8, 4) is 6.07 Å². The zero-order valence-corrected chi connectivity index (χ0v) is 9.80. The number of nitrogens with zero attached hydrogens (tertiary/aromatic N) is 2. The standard InChI is InChI=1S/C13H11N3O2/c1-9-2-4-11(18-9)8-16-13(17)12-5-3-10(6-14)7-15-12/h2-5,7H,8H2,1H3,(H,16,17). The van der Waals surface area contributed by atoms with Crippen LogP contribution in [-0.2, 0) is 6.54 Å². The van der Waals surface area contributed by atoms with Crippen molar-refractivity contribution in [1.29, 1.82) is 5.26 Å². The third-order valence-corrected chi connectivity index (χ3v) is 2.34. The summed E-state index contributed by atoms with van der Waals surface area (Å²) >= 11 is 0. The molecule has 90 valence electrons. The lowest BCUT2D eigenvalue weighted by molar-refractivity contribution is 0.0943. The van der Waals surface area contributed by atoms with Gasteiger partial charge in [0, 0.05) is 6.20 Å². The smallest absolute Gasteiger partial charge is 0.270 e. The molecule has 2 aromatic heterocycles. The first-order valence-electron chi connectivity index (χ1n) is 5.38. The predicted octanol–water partition coefficient (Wildman–Crippen LogP) is 1.78. The van der Waals surface area contributed by atoms with Gasteiger partial charge < -0.3 is 9.73 Å². The topological polar surface area (TPSA) is 78.9 Å². The lowest BCUT2D eigenvalue weighted by atomic mass is 10.2. The molecule has 0 aliphatic rings. The van der Waals surface area contributed by atoms with Crippen molar-refractivity contribution in [2.45, 2.75) is 13.5 Å². The molecule has 1 N–H and O–H groups in total. The third-order valence-electron chi connectivity index (χ3n) is 2.34. The number of nitriles is 1. The molecule has 2 aromatic rings. The van der Waals surface area contributed by atoms with Crippen molar-refractivity contribution in [2.75, 3.05) is 0 Å². The van der Waals surface area contributed by atoms with Crippen LogP contribution >= 0.6 is 0 Å². The highest BCUT2D eigenvalue weighted by Crippen LogP contribution is 2.06. The third kappa shape index (κ3) is 2.74. The van der Waals surface area contributed by atoms with Crippen LogP contribution in [0.4, 0.5) is 0 Å². The van der Waals surface area contributed by atoms with Crippen molar-refractivity contribution in [1.82, 2.24) is 10.3 Å². The highest BCUT2D eigenvalue weighted by molar-refractivity contribution is 5.92. The molecule has 0 bridgehead atoms. The molecule has 0 aromatic carbocycles. The van der Waals surface area contributed by atoms with E-state index in [0.717, 1.165) is 5.76 Å². The van der Waals surface area contributed by atoms with E-state index < -0.39 is 0 Å². The van der Waals surface area contributed by atoms with Crippen LogP contribution in [0.5, 0.6) is 0 Å². The Morgan fingerprint density at radius 2 is 2.28 bits per heavy atom. The zero-order chi connectivity index (χ0) is 13.0. The lowest BCUT2D eigenvalue weighted by Gasteiger charge is -2.02. The number of hydrogen-bond donors (Lipinski definition) is 1. The molecule has 5 nitrogen and oxygen atoms in total. The number of carbonyl (C=O) groups is 1. The molecule has 0 atom stereocenters. The Hall–Kier alpha value is -2.61. The van der Waals surface area contributed by atoms with E-state index in [-0.39, 0.29) is 11.6 Å². The number of rotatable bonds is 3. The van der Waals surface area contributed by atoms with Gasteiger partial charge in [-0.05, 0) is 31.2 Å². The van der Waals surface area contributed by atoms with E-state index in [1.165, 1.54) is 12.3 Å². The first kappa shape index (κ1) is 11.9. The fourth-order valence-corrected chi connectivity index (χ4v) is 1.43. The Labute approximate surface area is 104 Å². The minimum Gasteiger partial charge on any atom is -0.465 e. The molecule has 0 saturated heterocycles. The van der Waals surface area contributed by atoms with Crippen LogP contribution in [0.3, 0.4) is 0 Å². The van der Waals surface area contributed by atoms with Crippen molar-refractivity contribution < 1.29 is 9.21 Å². The number of nitrogens with one attached hydrogen (secondary N) is 1. The summed E-state index contributed by atoms with van der Waals surface area (Å²) in [5.41, 5.74) is 0.700. The van der Waals surface area contributed by atoms with Gasteiger partial charge in [0.05, 0.1) is 12.1 Å². The van der Waals surface area contributed by atoms with Crippen LogP contribution in [0.2, 0.25) is 0 Å². The first-order valence-corrected chi connectivity index (χ1v) is 5.38. The van der Waals surface area contributed by atoms with Crippen LogP contribution in [-0.4, -0.2) is 10.9 Å². The molecular weight excluding hydrogens is 230 g/mol. The minimum absolute atomic E-state index is 0.275. The van der Waals surface area contributed by atoms with E-state index >= 15 is 0 Å². The number of amides is 1. The molecular formula is C13H11N3O2. The van der Waals surface area contributed by atoms with Gasteiger partial charge in [0.2, 0.25) is 0 Å². The summed E-state index contributed by atoms with van der Waals surface area (Å²) in [4.78, 5) is 15.6. The van der Waals surface area contributed by atoms with E-state index in [1.54, 1.807) is 6.07 Å². The molecule has 2 rings (SSSR count). The maximum atomic E-state index is 11.7. The maximum absolute atomic E-state index is 11.7. The largest absolute Gasteiger partial charge is 0.465 e. The van der Waals surface area contributed by atoms with E-state index in [4.69, 9.17) is 9.68 Å². The number of aromatic nitrogens is 1. The van der Waals surface area contributed by atoms with Gasteiger partial charge in [0.15, 0.2) is 0 Å². The van der Waals surface area contributed by atoms with Gasteiger partial charge in [-0.3, -0.25) is 4.79 Å². The van der Waals surface area contributed by atoms with Crippen LogP contribution in [0.1, 0.15) is 27.6 Å². The Bertz CT molecular complexity index is 593. The van der Waals surface area contributed by atoms with Gasteiger partial charge in [0.25, 0.3) is 5.91 Å². The number of furan rings is 1. The summed E-state index contributed by atoms with van der Waals surface area (Å²) in [5.74, 6) is 1.19. The number of carbonyl (C=O) groups excluding carboxylic acids is 1. The molecule has 5 heteroatoms. The normalized spacial score (nSPS) is 9.78. The monoisotopic (exact) mass is 241 g/mol. The molecule has 0 aliphatic carbocycles. The van der Waals surface area contributed by atoms with E-state index in [1.807, 2.05) is 25.1 Å². The van der Waals surface area contributed by atoms with Crippen molar-refractivity contribution in [2.24, 2.45) is 0 Å². The maximum Gasteiger partial charge on any atom is 0.270 e. The van der Waals surface area contributed by atoms with Crippen LogP contribution < -0.4 is 5.32 Å². The Balaban J connectivity index is 1.97. The average Bonchev–Trinajstić information content (AvgIpc) is 2.82. The van der Waals surface area contributed by atoms with Gasteiger partial charge in [0.1, 0.15) is 23.3 Å². The highest BCUT2D eigenvalue weighted by Gasteiger charge is 2.07. The number of aryl methyl sites for hydroxylation is 1. The summed E-state index contributed by atoms with van der Waals surface area (Å²) in [6.07, 6.45) is 1.37. The second-order valence-electron chi connectivity index (χ2n) is 3.74. The quantitative estimate of drug-likeness (QED) is 0.888. The molecule has 1 amide bonds. The number of pyridine rings is 1. The van der Waals surface area contributed by atoms with Gasteiger partial charge >= 0.3 is 0 Å². The fraction of sp³-hybridized carbons (Fsp3) is 0.154. The van der Waals surface area contributed by atoms with Crippen molar-refractivity contribution in [3.05, 3.63) is 53.2 Å². The molecule has 0 unspecified atom stereocenters. The molecule has 2 heterocycles. The van der Waals surface area contributed by atoms with E-state index in [2.05, 4.69) is 10.3 Å². The van der Waals surface area contributed by atoms with Crippen LogP contribution in [0.15, 0.2) is 34.9 Å². The Kier molecular flexibility index (Phi) is 3.39. The first-order chi connectivity index (χ1) is 8.69. The second kappa shape index (κ2) is 5.15. The fourth-order valence-electron chi connectivity index (χ4n) is 1.43. The van der Waals surface area contributed by atoms with Gasteiger partial charge in [-0.2, -0.15) is 5.26 Å². The zero-order valence-electron chi connectivity index (χ0n) is 9.80. The predicted molar refractivity (Wildman–Crippen MR) is 63.6 cm³/mol. The molecule has 0 aliphatic heterocycles. The molecule has 0 saturated carbocycles.